The molecule has 0 rings (SSSR count). The molecule has 0 aliphatic carbocycles. The van der Waals surface area contributed by atoms with Gasteiger partial charge in [0.25, 0.3) is 0 Å². The van der Waals surface area contributed by atoms with Gasteiger partial charge in [0.1, 0.15) is 6.61 Å². The van der Waals surface area contributed by atoms with Crippen LogP contribution in [0.4, 0.5) is 0 Å². The van der Waals surface area contributed by atoms with Crippen LogP contribution in [0, 0.1) is 5.21 Å². The number of aliphatic hydroxyl groups excluding tert-OH is 1. The zero-order valence-electron chi connectivity index (χ0n) is 9.93. The zero-order valence-corrected chi connectivity index (χ0v) is 9.93. The van der Waals surface area contributed by atoms with E-state index in [0.717, 1.165) is 0 Å². The summed E-state index contributed by atoms with van der Waals surface area (Å²) in [5, 5.41) is 24.9. The highest BCUT2D eigenvalue weighted by Crippen LogP contribution is 2.12. The van der Waals surface area contributed by atoms with Crippen molar-refractivity contribution in [3.05, 3.63) is 5.21 Å². The normalized spacial score (nSPS) is 12.7. The molecule has 0 fully saturated rings. The Morgan fingerprint density at radius 3 is 2.47 bits per heavy atom. The second kappa shape index (κ2) is 6.44. The summed E-state index contributed by atoms with van der Waals surface area (Å²) in [6.45, 7) is 8.47. The molecule has 1 N–H and O–H groups in total. The second-order valence-corrected chi connectivity index (χ2v) is 4.13. The lowest BCUT2D eigenvalue weighted by atomic mass is 10.1. The summed E-state index contributed by atoms with van der Waals surface area (Å²) in [5.74, 6) is 0. The second-order valence-electron chi connectivity index (χ2n) is 4.13. The van der Waals surface area contributed by atoms with Gasteiger partial charge in [0.05, 0.1) is 17.1 Å². The van der Waals surface area contributed by atoms with Gasteiger partial charge in [-0.15, -0.1) is 5.01 Å². The third-order valence-electron chi connectivity index (χ3n) is 1.80. The van der Waals surface area contributed by atoms with Crippen LogP contribution in [-0.2, 0) is 4.84 Å². The van der Waals surface area contributed by atoms with Gasteiger partial charge in [-0.25, -0.2) is 0 Å². The Morgan fingerprint density at radius 1 is 1.47 bits per heavy atom. The molecule has 0 aliphatic rings. The number of hydrogen-bond acceptors (Lipinski definition) is 4. The van der Waals surface area contributed by atoms with E-state index in [4.69, 9.17) is 9.94 Å². The van der Waals surface area contributed by atoms with Crippen LogP contribution in [0.3, 0.4) is 0 Å². The Labute approximate surface area is 90.7 Å². The van der Waals surface area contributed by atoms with Gasteiger partial charge in [-0.3, -0.25) is 0 Å². The molecule has 0 aliphatic heterocycles. The van der Waals surface area contributed by atoms with Crippen molar-refractivity contribution in [3.63, 3.8) is 0 Å². The van der Waals surface area contributed by atoms with Crippen LogP contribution in [0.25, 0.3) is 0 Å². The summed E-state index contributed by atoms with van der Waals surface area (Å²) in [7, 11) is 0. The number of nitrogens with zero attached hydrogens (tertiary/aromatic N) is 3. The fourth-order valence-corrected chi connectivity index (χ4v) is 1.12. The fourth-order valence-electron chi connectivity index (χ4n) is 1.12. The first-order chi connectivity index (χ1) is 6.93. The lowest BCUT2D eigenvalue weighted by Gasteiger charge is -2.29. The molecule has 0 aromatic carbocycles. The van der Waals surface area contributed by atoms with Crippen LogP contribution in [-0.4, -0.2) is 40.4 Å². The molecule has 0 heterocycles. The summed E-state index contributed by atoms with van der Waals surface area (Å²) in [5.41, 5.74) is -0.291. The molecule has 0 radical (unpaired) electrons. The quantitative estimate of drug-likeness (QED) is 0.316. The zero-order chi connectivity index (χ0) is 11.9. The Hall–Kier alpha value is -1.04. The van der Waals surface area contributed by atoms with E-state index in [-0.39, 0.29) is 18.8 Å². The van der Waals surface area contributed by atoms with Gasteiger partial charge in [-0.1, -0.05) is 0 Å². The van der Waals surface area contributed by atoms with E-state index in [1.807, 2.05) is 27.7 Å². The third kappa shape index (κ3) is 5.41. The first-order valence-electron chi connectivity index (χ1n) is 5.12. The molecule has 0 aromatic heterocycles. The van der Waals surface area contributed by atoms with E-state index >= 15 is 0 Å². The van der Waals surface area contributed by atoms with E-state index in [1.165, 1.54) is 5.01 Å². The SMILES string of the molecule is CCN(/[N+]([O-])=N/OCCCO)C(C)(C)C. The Morgan fingerprint density at radius 2 is 2.07 bits per heavy atom. The van der Waals surface area contributed by atoms with Crippen LogP contribution in [0.5, 0.6) is 0 Å². The first-order valence-corrected chi connectivity index (χ1v) is 5.12. The molecule has 0 saturated carbocycles. The minimum Gasteiger partial charge on any atom is -0.569 e. The highest BCUT2D eigenvalue weighted by atomic mass is 16.7. The molecule has 6 heteroatoms. The molecule has 15 heavy (non-hydrogen) atoms. The number of hydrazine groups is 1. The van der Waals surface area contributed by atoms with Crippen LogP contribution in [0.1, 0.15) is 34.1 Å². The van der Waals surface area contributed by atoms with Crippen LogP contribution >= 0.6 is 0 Å². The minimum absolute atomic E-state index is 0.0329. The average molecular weight is 219 g/mol. The van der Waals surface area contributed by atoms with E-state index in [0.29, 0.717) is 17.9 Å². The van der Waals surface area contributed by atoms with Crippen LogP contribution in [0.2, 0.25) is 0 Å². The van der Waals surface area contributed by atoms with Crippen LogP contribution < -0.4 is 0 Å². The smallest absolute Gasteiger partial charge is 0.233 e. The standard InChI is InChI=1S/C9H21N3O3/c1-5-11(9(2,3)4)12(14)10-15-8-6-7-13/h13H,5-8H2,1-4H3/b12-10-. The van der Waals surface area contributed by atoms with Gasteiger partial charge in [0.15, 0.2) is 0 Å². The van der Waals surface area contributed by atoms with Crippen LogP contribution in [0.15, 0.2) is 5.28 Å². The monoisotopic (exact) mass is 219 g/mol. The number of rotatable bonds is 6. The highest BCUT2D eigenvalue weighted by Gasteiger charge is 2.26. The Kier molecular flexibility index (Phi) is 6.00. The maximum Gasteiger partial charge on any atom is 0.233 e. The molecule has 90 valence electrons. The maximum absolute atomic E-state index is 11.5. The predicted molar refractivity (Wildman–Crippen MR) is 55.8 cm³/mol. The van der Waals surface area contributed by atoms with Gasteiger partial charge in [0.2, 0.25) is 5.28 Å². The summed E-state index contributed by atoms with van der Waals surface area (Å²) >= 11 is 0. The van der Waals surface area contributed by atoms with E-state index in [9.17, 15) is 5.21 Å². The third-order valence-corrected chi connectivity index (χ3v) is 1.80. The van der Waals surface area contributed by atoms with E-state index in [1.54, 1.807) is 0 Å². The summed E-state index contributed by atoms with van der Waals surface area (Å²) in [4.78, 5) is 5.21. The van der Waals surface area contributed by atoms with Crippen molar-refractivity contribution in [1.29, 1.82) is 0 Å². The molecule has 6 nitrogen and oxygen atoms in total. The maximum atomic E-state index is 11.5. The molecular formula is C9H21N3O3. The van der Waals surface area contributed by atoms with Crippen molar-refractivity contribution in [2.75, 3.05) is 19.8 Å². The molecule has 0 aromatic rings. The molecular weight excluding hydrogens is 198 g/mol. The molecule has 0 atom stereocenters. The summed E-state index contributed by atoms with van der Waals surface area (Å²) in [6.07, 6.45) is 0.471. The highest BCUT2D eigenvalue weighted by molar-refractivity contribution is 4.67. The summed E-state index contributed by atoms with van der Waals surface area (Å²) in [6, 6.07) is 0. The van der Waals surface area contributed by atoms with Gasteiger partial charge < -0.3 is 15.2 Å². The number of hydrogen-bond donors (Lipinski definition) is 1. The van der Waals surface area contributed by atoms with Gasteiger partial charge >= 0.3 is 0 Å². The van der Waals surface area contributed by atoms with Crippen molar-refractivity contribution < 1.29 is 14.9 Å². The molecule has 0 bridgehead atoms. The predicted octanol–water partition coefficient (Wildman–Crippen LogP) is 1.30. The molecule has 0 amide bonds. The summed E-state index contributed by atoms with van der Waals surface area (Å²) < 4.78 is 0. The molecule has 0 unspecified atom stereocenters. The lowest BCUT2D eigenvalue weighted by Crippen LogP contribution is -2.45. The van der Waals surface area contributed by atoms with Crippen molar-refractivity contribution >= 4 is 0 Å². The van der Waals surface area contributed by atoms with Gasteiger partial charge in [-0.2, -0.15) is 0 Å². The first kappa shape index (κ1) is 14.0. The van der Waals surface area contributed by atoms with E-state index < -0.39 is 0 Å². The number of aliphatic hydroxyl groups is 1. The minimum atomic E-state index is -0.291. The van der Waals surface area contributed by atoms with Gasteiger partial charge in [0, 0.05) is 13.0 Å². The van der Waals surface area contributed by atoms with Crippen molar-refractivity contribution in [1.82, 2.24) is 5.01 Å². The van der Waals surface area contributed by atoms with Crippen molar-refractivity contribution in [3.8, 4) is 0 Å². The van der Waals surface area contributed by atoms with Gasteiger partial charge in [-0.05, 0) is 27.7 Å². The largest absolute Gasteiger partial charge is 0.569 e. The topological polar surface area (TPSA) is 71.1 Å². The van der Waals surface area contributed by atoms with Crippen molar-refractivity contribution in [2.45, 2.75) is 39.7 Å². The van der Waals surface area contributed by atoms with E-state index in [2.05, 4.69) is 5.28 Å². The Bertz CT molecular complexity index is 201. The average Bonchev–Trinajstić information content (AvgIpc) is 2.11. The lowest BCUT2D eigenvalue weighted by molar-refractivity contribution is -0.724. The fraction of sp³-hybridized carbons (Fsp3) is 1.00. The molecule has 0 spiro atoms. The van der Waals surface area contributed by atoms with Crippen molar-refractivity contribution in [2.24, 2.45) is 5.28 Å². The Balaban J connectivity index is 4.20. The molecule has 0 saturated heterocycles.